The molecule has 3 N–H and O–H groups in total. The first-order valence-electron chi connectivity index (χ1n) is 10.7. The van der Waals surface area contributed by atoms with Gasteiger partial charge < -0.3 is 15.4 Å². The lowest BCUT2D eigenvalue weighted by molar-refractivity contribution is -0.136. The molecule has 0 aliphatic carbocycles. The smallest absolute Gasteiger partial charge is 0.328 e. The second-order valence-electron chi connectivity index (χ2n) is 8.06. The van der Waals surface area contributed by atoms with Gasteiger partial charge in [-0.05, 0) is 68.1 Å². The molecule has 0 saturated carbocycles. The molecule has 1 atom stereocenters. The Labute approximate surface area is 199 Å². The maximum absolute atomic E-state index is 13.2. The highest BCUT2D eigenvalue weighted by Crippen LogP contribution is 2.25. The van der Waals surface area contributed by atoms with Crippen molar-refractivity contribution in [2.45, 2.75) is 32.8 Å². The summed E-state index contributed by atoms with van der Waals surface area (Å²) in [5.41, 5.74) is 6.04. The Morgan fingerprint density at radius 3 is 2.70 bits per heavy atom. The summed E-state index contributed by atoms with van der Waals surface area (Å²) in [7, 11) is 0. The lowest BCUT2D eigenvalue weighted by atomic mass is 10.1. The van der Waals surface area contributed by atoms with Gasteiger partial charge in [0.05, 0.1) is 11.6 Å². The van der Waals surface area contributed by atoms with Crippen LogP contribution in [0.1, 0.15) is 34.5 Å². The zero-order chi connectivity index (χ0) is 23.5. The fourth-order valence-corrected chi connectivity index (χ4v) is 4.17. The summed E-state index contributed by atoms with van der Waals surface area (Å²) in [6.07, 6.45) is 1.71. The van der Waals surface area contributed by atoms with E-state index in [-0.39, 0.29) is 18.3 Å². The van der Waals surface area contributed by atoms with Crippen LogP contribution in [-0.4, -0.2) is 41.7 Å². The number of hydrogen-bond donors (Lipinski definition) is 3. The normalized spacial score (nSPS) is 15.4. The molecular weight excluding hydrogens is 488 g/mol. The number of anilines is 1. The van der Waals surface area contributed by atoms with E-state index >= 15 is 0 Å². The average molecular weight is 513 g/mol. The molecule has 1 fully saturated rings. The van der Waals surface area contributed by atoms with Gasteiger partial charge >= 0.3 is 11.8 Å². The van der Waals surface area contributed by atoms with Gasteiger partial charge in [0.25, 0.3) is 5.91 Å². The molecule has 0 bridgehead atoms. The van der Waals surface area contributed by atoms with E-state index in [4.69, 9.17) is 4.74 Å². The van der Waals surface area contributed by atoms with E-state index in [1.807, 2.05) is 38.1 Å². The van der Waals surface area contributed by atoms with E-state index < -0.39 is 17.7 Å². The highest BCUT2D eigenvalue weighted by Gasteiger charge is 2.23. The van der Waals surface area contributed by atoms with Crippen molar-refractivity contribution in [3.05, 3.63) is 63.8 Å². The van der Waals surface area contributed by atoms with Crippen molar-refractivity contribution in [1.82, 2.24) is 9.99 Å². The SMILES string of the molecule is Cc1cccc(NC(=O)c2cc3cc(Br)ccc3n2NC(=O)C(=O)NC[C@H]2CCCO2)c1C. The molecule has 172 valence electrons. The first-order chi connectivity index (χ1) is 15.8. The van der Waals surface area contributed by atoms with E-state index in [1.54, 1.807) is 18.2 Å². The first-order valence-corrected chi connectivity index (χ1v) is 11.5. The highest BCUT2D eigenvalue weighted by atomic mass is 79.9. The number of carbonyl (C=O) groups is 3. The van der Waals surface area contributed by atoms with Crippen LogP contribution in [0.15, 0.2) is 46.9 Å². The van der Waals surface area contributed by atoms with Crippen LogP contribution in [0.2, 0.25) is 0 Å². The van der Waals surface area contributed by atoms with Crippen molar-refractivity contribution >= 4 is 50.2 Å². The molecule has 0 radical (unpaired) electrons. The van der Waals surface area contributed by atoms with Crippen LogP contribution < -0.4 is 16.1 Å². The number of carbonyl (C=O) groups excluding carboxylic acids is 3. The fourth-order valence-electron chi connectivity index (χ4n) is 3.79. The number of ether oxygens (including phenoxy) is 1. The van der Waals surface area contributed by atoms with Gasteiger partial charge in [0.2, 0.25) is 0 Å². The maximum Gasteiger partial charge on any atom is 0.328 e. The van der Waals surface area contributed by atoms with Crippen LogP contribution >= 0.6 is 15.9 Å². The van der Waals surface area contributed by atoms with Crippen LogP contribution in [0, 0.1) is 13.8 Å². The van der Waals surface area contributed by atoms with Gasteiger partial charge in [0.1, 0.15) is 5.69 Å². The second kappa shape index (κ2) is 9.76. The Kier molecular flexibility index (Phi) is 6.80. The Hall–Kier alpha value is -3.17. The molecule has 33 heavy (non-hydrogen) atoms. The standard InChI is InChI=1S/C24H25BrN4O4/c1-14-5-3-7-19(15(14)2)27-22(30)21-12-16-11-17(25)8-9-20(16)29(21)28-24(32)23(31)26-13-18-6-4-10-33-18/h3,5,7-9,11-12,18H,4,6,10,13H2,1-2H3,(H,26,31)(H,27,30)(H,28,32)/t18-/m1/s1. The summed E-state index contributed by atoms with van der Waals surface area (Å²) in [6.45, 7) is 4.83. The van der Waals surface area contributed by atoms with Crippen molar-refractivity contribution in [2.24, 2.45) is 0 Å². The minimum Gasteiger partial charge on any atom is -0.376 e. The van der Waals surface area contributed by atoms with E-state index in [0.29, 0.717) is 17.8 Å². The van der Waals surface area contributed by atoms with E-state index in [2.05, 4.69) is 32.0 Å². The number of halogens is 1. The Morgan fingerprint density at radius 2 is 1.94 bits per heavy atom. The third-order valence-electron chi connectivity index (χ3n) is 5.78. The number of rotatable bonds is 5. The lowest BCUT2D eigenvalue weighted by Crippen LogP contribution is -2.42. The maximum atomic E-state index is 13.2. The molecular formula is C24H25BrN4O4. The van der Waals surface area contributed by atoms with Crippen LogP contribution in [0.4, 0.5) is 5.69 Å². The number of fused-ring (bicyclic) bond motifs is 1. The lowest BCUT2D eigenvalue weighted by Gasteiger charge is -2.15. The number of amides is 3. The molecule has 2 aromatic carbocycles. The van der Waals surface area contributed by atoms with Crippen molar-refractivity contribution < 1.29 is 19.1 Å². The Bertz CT molecular complexity index is 1230. The van der Waals surface area contributed by atoms with Crippen molar-refractivity contribution in [2.75, 3.05) is 23.9 Å². The van der Waals surface area contributed by atoms with Gasteiger partial charge in [-0.25, -0.2) is 4.68 Å². The van der Waals surface area contributed by atoms with Crippen molar-refractivity contribution in [3.63, 3.8) is 0 Å². The van der Waals surface area contributed by atoms with Gasteiger partial charge in [-0.2, -0.15) is 0 Å². The van der Waals surface area contributed by atoms with E-state index in [1.165, 1.54) is 4.68 Å². The molecule has 1 saturated heterocycles. The van der Waals surface area contributed by atoms with Crippen LogP contribution in [0.25, 0.3) is 10.9 Å². The third kappa shape index (κ3) is 5.09. The zero-order valence-electron chi connectivity index (χ0n) is 18.4. The molecule has 3 aromatic rings. The number of nitrogens with zero attached hydrogens (tertiary/aromatic N) is 1. The summed E-state index contributed by atoms with van der Waals surface area (Å²) < 4.78 is 7.65. The molecule has 1 aliphatic rings. The number of nitrogens with one attached hydrogen (secondary N) is 3. The van der Waals surface area contributed by atoms with Crippen molar-refractivity contribution in [1.29, 1.82) is 0 Å². The van der Waals surface area contributed by atoms with Gasteiger partial charge in [-0.15, -0.1) is 0 Å². The van der Waals surface area contributed by atoms with Gasteiger partial charge in [0.15, 0.2) is 0 Å². The van der Waals surface area contributed by atoms with E-state index in [0.717, 1.165) is 33.8 Å². The Morgan fingerprint density at radius 1 is 1.12 bits per heavy atom. The first kappa shape index (κ1) is 23.0. The molecule has 0 unspecified atom stereocenters. The summed E-state index contributed by atoms with van der Waals surface area (Å²) in [5.74, 6) is -2.06. The molecule has 8 nitrogen and oxygen atoms in total. The minimum absolute atomic E-state index is 0.0783. The third-order valence-corrected chi connectivity index (χ3v) is 6.28. The summed E-state index contributed by atoms with van der Waals surface area (Å²) in [5, 5.41) is 6.24. The largest absolute Gasteiger partial charge is 0.376 e. The monoisotopic (exact) mass is 512 g/mol. The molecule has 1 aliphatic heterocycles. The second-order valence-corrected chi connectivity index (χ2v) is 8.97. The zero-order valence-corrected chi connectivity index (χ0v) is 20.0. The van der Waals surface area contributed by atoms with Crippen LogP contribution in [0.5, 0.6) is 0 Å². The molecule has 4 rings (SSSR count). The number of aromatic nitrogens is 1. The molecule has 9 heteroatoms. The number of aryl methyl sites for hydroxylation is 1. The average Bonchev–Trinajstić information content (AvgIpc) is 3.43. The number of benzene rings is 2. The predicted octanol–water partition coefficient (Wildman–Crippen LogP) is 3.64. The molecule has 3 amide bonds. The van der Waals surface area contributed by atoms with Gasteiger partial charge in [-0.3, -0.25) is 19.8 Å². The van der Waals surface area contributed by atoms with Crippen molar-refractivity contribution in [3.8, 4) is 0 Å². The topological polar surface area (TPSA) is 101 Å². The van der Waals surface area contributed by atoms with Gasteiger partial charge in [0, 0.05) is 28.7 Å². The highest BCUT2D eigenvalue weighted by molar-refractivity contribution is 9.10. The predicted molar refractivity (Wildman–Crippen MR) is 130 cm³/mol. The summed E-state index contributed by atoms with van der Waals surface area (Å²) in [6, 6.07) is 12.7. The molecule has 0 spiro atoms. The van der Waals surface area contributed by atoms with Crippen LogP contribution in [-0.2, 0) is 14.3 Å². The van der Waals surface area contributed by atoms with Crippen LogP contribution in [0.3, 0.4) is 0 Å². The van der Waals surface area contributed by atoms with E-state index in [9.17, 15) is 14.4 Å². The molecule has 2 heterocycles. The Balaban J connectivity index is 1.58. The summed E-state index contributed by atoms with van der Waals surface area (Å²) in [4.78, 5) is 38.2. The minimum atomic E-state index is -0.866. The quantitative estimate of drug-likeness (QED) is 0.454. The fraction of sp³-hybridized carbons (Fsp3) is 0.292. The summed E-state index contributed by atoms with van der Waals surface area (Å²) >= 11 is 3.43. The van der Waals surface area contributed by atoms with Gasteiger partial charge in [-0.1, -0.05) is 28.1 Å². The number of hydrogen-bond acceptors (Lipinski definition) is 4. The molecule has 1 aromatic heterocycles.